The molecule has 130 valence electrons. The van der Waals surface area contributed by atoms with Crippen molar-refractivity contribution in [1.29, 1.82) is 0 Å². The van der Waals surface area contributed by atoms with Gasteiger partial charge in [-0.25, -0.2) is 0 Å². The number of carbonyl (C=O) groups is 1. The Labute approximate surface area is 144 Å². The Morgan fingerprint density at radius 2 is 1.88 bits per heavy atom. The van der Waals surface area contributed by atoms with Crippen molar-refractivity contribution < 1.29 is 4.79 Å². The van der Waals surface area contributed by atoms with Crippen LogP contribution < -0.4 is 10.6 Å². The molecule has 2 N–H and O–H groups in total. The first kappa shape index (κ1) is 16.8. The van der Waals surface area contributed by atoms with Crippen molar-refractivity contribution in [2.24, 2.45) is 4.99 Å². The minimum absolute atomic E-state index is 0.280. The van der Waals surface area contributed by atoms with Gasteiger partial charge in [-0.15, -0.1) is 0 Å². The van der Waals surface area contributed by atoms with Gasteiger partial charge in [-0.2, -0.15) is 0 Å². The van der Waals surface area contributed by atoms with E-state index in [0.717, 1.165) is 32.0 Å². The van der Waals surface area contributed by atoms with Gasteiger partial charge in [-0.3, -0.25) is 9.79 Å². The van der Waals surface area contributed by atoms with Crippen LogP contribution in [-0.4, -0.2) is 36.4 Å². The summed E-state index contributed by atoms with van der Waals surface area (Å²) in [6.07, 6.45) is 6.81. The highest BCUT2D eigenvalue weighted by Crippen LogP contribution is 2.17. The largest absolute Gasteiger partial charge is 0.354 e. The van der Waals surface area contributed by atoms with Crippen molar-refractivity contribution in [3.63, 3.8) is 0 Å². The van der Waals surface area contributed by atoms with Gasteiger partial charge < -0.3 is 15.5 Å². The number of amides is 1. The van der Waals surface area contributed by atoms with Gasteiger partial charge in [-0.05, 0) is 30.4 Å². The Morgan fingerprint density at radius 3 is 2.50 bits per heavy atom. The lowest BCUT2D eigenvalue weighted by Crippen LogP contribution is -2.41. The molecule has 0 bridgehead atoms. The van der Waals surface area contributed by atoms with E-state index in [0.29, 0.717) is 12.5 Å². The van der Waals surface area contributed by atoms with Gasteiger partial charge in [0.25, 0.3) is 0 Å². The van der Waals surface area contributed by atoms with Crippen molar-refractivity contribution in [2.75, 3.05) is 13.6 Å². The zero-order chi connectivity index (χ0) is 16.8. The number of rotatable bonds is 5. The number of nitrogens with one attached hydrogen (secondary N) is 2. The van der Waals surface area contributed by atoms with Crippen molar-refractivity contribution in [3.05, 3.63) is 35.4 Å². The maximum Gasteiger partial charge on any atom is 0.222 e. The molecule has 24 heavy (non-hydrogen) atoms. The van der Waals surface area contributed by atoms with E-state index in [4.69, 9.17) is 0 Å². The highest BCUT2D eigenvalue weighted by molar-refractivity contribution is 5.80. The number of aliphatic imine (C=N–C) groups is 1. The lowest BCUT2D eigenvalue weighted by molar-refractivity contribution is -0.128. The fourth-order valence-electron chi connectivity index (χ4n) is 3.50. The van der Waals surface area contributed by atoms with Gasteiger partial charge >= 0.3 is 0 Å². The second kappa shape index (κ2) is 8.18. The number of carbonyl (C=O) groups excluding carboxylic acids is 1. The normalized spacial score (nSPS) is 19.1. The lowest BCUT2D eigenvalue weighted by Gasteiger charge is -2.17. The molecular weight excluding hydrogens is 300 g/mol. The number of benzene rings is 1. The molecule has 0 unspecified atom stereocenters. The molecule has 1 saturated carbocycles. The average molecular weight is 328 g/mol. The summed E-state index contributed by atoms with van der Waals surface area (Å²) in [6.45, 7) is 2.39. The number of hydrogen-bond donors (Lipinski definition) is 2. The third-order valence-electron chi connectivity index (χ3n) is 4.95. The summed E-state index contributed by atoms with van der Waals surface area (Å²) >= 11 is 0. The predicted molar refractivity (Wildman–Crippen MR) is 96.7 cm³/mol. The number of guanidine groups is 1. The third kappa shape index (κ3) is 4.49. The topological polar surface area (TPSA) is 56.7 Å². The molecule has 1 aromatic carbocycles. The molecule has 1 aromatic rings. The summed E-state index contributed by atoms with van der Waals surface area (Å²) in [5.41, 5.74) is 2.42. The van der Waals surface area contributed by atoms with E-state index in [-0.39, 0.29) is 5.91 Å². The number of nitrogens with zero attached hydrogens (tertiary/aromatic N) is 2. The van der Waals surface area contributed by atoms with Crippen molar-refractivity contribution in [3.8, 4) is 0 Å². The monoisotopic (exact) mass is 328 g/mol. The molecule has 2 fully saturated rings. The van der Waals surface area contributed by atoms with E-state index in [1.54, 1.807) is 0 Å². The quantitative estimate of drug-likeness (QED) is 0.645. The zero-order valence-electron chi connectivity index (χ0n) is 14.6. The van der Waals surface area contributed by atoms with Gasteiger partial charge in [0.2, 0.25) is 5.91 Å². The molecule has 1 saturated heterocycles. The second-order valence-electron chi connectivity index (χ2n) is 6.79. The molecule has 5 heteroatoms. The highest BCUT2D eigenvalue weighted by atomic mass is 16.2. The van der Waals surface area contributed by atoms with E-state index in [9.17, 15) is 4.79 Å². The molecule has 0 radical (unpaired) electrons. The highest BCUT2D eigenvalue weighted by Gasteiger charge is 2.19. The van der Waals surface area contributed by atoms with Crippen molar-refractivity contribution >= 4 is 11.9 Å². The fraction of sp³-hybridized carbons (Fsp3) is 0.579. The van der Waals surface area contributed by atoms with E-state index in [1.807, 2.05) is 11.9 Å². The average Bonchev–Trinajstić information content (AvgIpc) is 3.25. The van der Waals surface area contributed by atoms with E-state index >= 15 is 0 Å². The molecule has 0 atom stereocenters. The molecule has 2 aliphatic rings. The summed E-state index contributed by atoms with van der Waals surface area (Å²) in [5.74, 6) is 1.16. The zero-order valence-corrected chi connectivity index (χ0v) is 14.6. The molecule has 1 heterocycles. The van der Waals surface area contributed by atoms with Crippen molar-refractivity contribution in [2.45, 2.75) is 57.7 Å². The maximum atomic E-state index is 11.7. The molecule has 1 aliphatic carbocycles. The summed E-state index contributed by atoms with van der Waals surface area (Å²) in [4.78, 5) is 18.0. The van der Waals surface area contributed by atoms with Gasteiger partial charge in [0.05, 0.1) is 0 Å². The SMILES string of the molecule is CN=C(NCc1ccc(CN2CCCC2=O)cc1)NC1CCCC1. The predicted octanol–water partition coefficient (Wildman–Crippen LogP) is 2.42. The first-order valence-electron chi connectivity index (χ1n) is 9.07. The Hall–Kier alpha value is -2.04. The van der Waals surface area contributed by atoms with Crippen molar-refractivity contribution in [1.82, 2.24) is 15.5 Å². The first-order valence-corrected chi connectivity index (χ1v) is 9.07. The molecule has 3 rings (SSSR count). The Kier molecular flexibility index (Phi) is 5.72. The maximum absolute atomic E-state index is 11.7. The van der Waals surface area contributed by atoms with E-state index in [1.165, 1.54) is 36.8 Å². The summed E-state index contributed by atoms with van der Waals surface area (Å²) in [5, 5.41) is 6.88. The van der Waals surface area contributed by atoms with Crippen LogP contribution >= 0.6 is 0 Å². The van der Waals surface area contributed by atoms with Crippen LogP contribution in [-0.2, 0) is 17.9 Å². The van der Waals surface area contributed by atoms with E-state index in [2.05, 4.69) is 39.9 Å². The lowest BCUT2D eigenvalue weighted by atomic mass is 10.1. The van der Waals surface area contributed by atoms with Crippen LogP contribution in [0.3, 0.4) is 0 Å². The molecule has 1 amide bonds. The Balaban J connectivity index is 1.47. The van der Waals surface area contributed by atoms with Crippen LogP contribution in [0.5, 0.6) is 0 Å². The summed E-state index contributed by atoms with van der Waals surface area (Å²) < 4.78 is 0. The molecule has 5 nitrogen and oxygen atoms in total. The van der Waals surface area contributed by atoms with Crippen LogP contribution in [0.4, 0.5) is 0 Å². The number of likely N-dealkylation sites (tertiary alicyclic amines) is 1. The van der Waals surface area contributed by atoms with Gasteiger partial charge in [-0.1, -0.05) is 37.1 Å². The third-order valence-corrected chi connectivity index (χ3v) is 4.95. The Morgan fingerprint density at radius 1 is 1.17 bits per heavy atom. The summed E-state index contributed by atoms with van der Waals surface area (Å²) in [6, 6.07) is 9.07. The molecule has 0 aromatic heterocycles. The number of hydrogen-bond acceptors (Lipinski definition) is 2. The standard InChI is InChI=1S/C19H28N4O/c1-20-19(22-17-5-2-3-6-17)21-13-15-8-10-16(11-9-15)14-23-12-4-7-18(23)24/h8-11,17H,2-7,12-14H2,1H3,(H2,20,21,22). The smallest absolute Gasteiger partial charge is 0.222 e. The fourth-order valence-corrected chi connectivity index (χ4v) is 3.50. The van der Waals surface area contributed by atoms with Gasteiger partial charge in [0.15, 0.2) is 5.96 Å². The minimum Gasteiger partial charge on any atom is -0.354 e. The van der Waals surface area contributed by atoms with Gasteiger partial charge in [0, 0.05) is 39.1 Å². The Bertz CT molecular complexity index is 576. The van der Waals surface area contributed by atoms with E-state index < -0.39 is 0 Å². The molecular formula is C19H28N4O. The first-order chi connectivity index (χ1) is 11.7. The van der Waals surface area contributed by atoms with Crippen LogP contribution in [0.25, 0.3) is 0 Å². The van der Waals surface area contributed by atoms with Crippen LogP contribution in [0, 0.1) is 0 Å². The minimum atomic E-state index is 0.280. The van der Waals surface area contributed by atoms with Crippen LogP contribution in [0.2, 0.25) is 0 Å². The summed E-state index contributed by atoms with van der Waals surface area (Å²) in [7, 11) is 1.82. The second-order valence-corrected chi connectivity index (χ2v) is 6.79. The van der Waals surface area contributed by atoms with Gasteiger partial charge in [0.1, 0.15) is 0 Å². The molecule has 1 aliphatic heterocycles. The van der Waals surface area contributed by atoms with Crippen LogP contribution in [0.15, 0.2) is 29.3 Å². The van der Waals surface area contributed by atoms with Crippen LogP contribution in [0.1, 0.15) is 49.7 Å². The molecule has 0 spiro atoms.